The Bertz CT molecular complexity index is 481. The molecule has 3 N–H and O–H groups in total. The van der Waals surface area contributed by atoms with E-state index >= 15 is 0 Å². The number of rotatable bonds is 7. The van der Waals surface area contributed by atoms with E-state index in [4.69, 9.17) is 4.74 Å². The lowest BCUT2D eigenvalue weighted by Crippen LogP contribution is -2.15. The van der Waals surface area contributed by atoms with Gasteiger partial charge in [-0.15, -0.1) is 12.4 Å². The minimum absolute atomic E-state index is 0. The summed E-state index contributed by atoms with van der Waals surface area (Å²) < 4.78 is 5.15. The number of benzene rings is 1. The van der Waals surface area contributed by atoms with E-state index in [0.717, 1.165) is 13.0 Å². The van der Waals surface area contributed by atoms with E-state index in [1.54, 1.807) is 18.2 Å². The molecule has 0 atom stereocenters. The van der Waals surface area contributed by atoms with Crippen LogP contribution in [-0.2, 0) is 9.59 Å². The molecule has 1 rings (SSSR count). The summed E-state index contributed by atoms with van der Waals surface area (Å²) >= 11 is 0. The maximum Gasteiger partial charge on any atom is 0.224 e. The Morgan fingerprint density at radius 2 is 1.95 bits per heavy atom. The summed E-state index contributed by atoms with van der Waals surface area (Å²) in [5.74, 6) is 0.299. The van der Waals surface area contributed by atoms with Gasteiger partial charge in [-0.2, -0.15) is 0 Å². The Kier molecular flexibility index (Phi) is 9.16. The molecule has 0 aliphatic heterocycles. The van der Waals surface area contributed by atoms with Crippen LogP contribution in [0.4, 0.5) is 11.4 Å². The summed E-state index contributed by atoms with van der Waals surface area (Å²) in [7, 11) is 3.37. The highest BCUT2D eigenvalue weighted by Crippen LogP contribution is 2.27. The van der Waals surface area contributed by atoms with Gasteiger partial charge in [0.2, 0.25) is 11.8 Å². The zero-order valence-electron chi connectivity index (χ0n) is 12.5. The van der Waals surface area contributed by atoms with Gasteiger partial charge in [0, 0.05) is 19.0 Å². The summed E-state index contributed by atoms with van der Waals surface area (Å²) in [4.78, 5) is 22.8. The zero-order chi connectivity index (χ0) is 15.0. The van der Waals surface area contributed by atoms with Crippen molar-refractivity contribution in [3.63, 3.8) is 0 Å². The minimum atomic E-state index is -0.194. The van der Waals surface area contributed by atoms with Crippen molar-refractivity contribution in [2.24, 2.45) is 0 Å². The van der Waals surface area contributed by atoms with Gasteiger partial charge in [0.15, 0.2) is 0 Å². The first kappa shape index (κ1) is 19.2. The van der Waals surface area contributed by atoms with Crippen LogP contribution in [-0.4, -0.2) is 32.5 Å². The highest BCUT2D eigenvalue weighted by Gasteiger charge is 2.08. The first-order chi connectivity index (χ1) is 9.56. The van der Waals surface area contributed by atoms with Crippen molar-refractivity contribution in [1.82, 2.24) is 5.32 Å². The van der Waals surface area contributed by atoms with Crippen LogP contribution in [0.15, 0.2) is 18.2 Å². The molecule has 0 saturated carbocycles. The fraction of sp³-hybridized carbons (Fsp3) is 0.429. The third-order valence-corrected chi connectivity index (χ3v) is 2.62. The molecule has 118 valence electrons. The van der Waals surface area contributed by atoms with Crippen LogP contribution in [0.25, 0.3) is 0 Å². The van der Waals surface area contributed by atoms with Crippen LogP contribution in [0, 0.1) is 0 Å². The average Bonchev–Trinajstić information content (AvgIpc) is 2.38. The number of carbonyl (C=O) groups excluding carboxylic acids is 2. The van der Waals surface area contributed by atoms with E-state index in [2.05, 4.69) is 16.0 Å². The lowest BCUT2D eigenvalue weighted by atomic mass is 10.2. The van der Waals surface area contributed by atoms with E-state index < -0.39 is 0 Å². The third-order valence-electron chi connectivity index (χ3n) is 2.62. The number of methoxy groups -OCH3 is 1. The van der Waals surface area contributed by atoms with Crippen molar-refractivity contribution in [3.8, 4) is 5.75 Å². The molecular formula is C14H22ClN3O3. The largest absolute Gasteiger partial charge is 0.495 e. The van der Waals surface area contributed by atoms with E-state index in [1.807, 2.05) is 7.05 Å². The second-order valence-corrected chi connectivity index (χ2v) is 4.35. The molecule has 0 radical (unpaired) electrons. The highest BCUT2D eigenvalue weighted by atomic mass is 35.5. The summed E-state index contributed by atoms with van der Waals surface area (Å²) in [5, 5.41) is 8.45. The maximum atomic E-state index is 11.7. The lowest BCUT2D eigenvalue weighted by molar-refractivity contribution is -0.116. The zero-order valence-corrected chi connectivity index (χ0v) is 13.3. The molecule has 0 spiro atoms. The Morgan fingerprint density at radius 1 is 1.24 bits per heavy atom. The standard InChI is InChI=1S/C14H21N3O3.ClH/c1-10(18)16-12-9-11(6-7-13(12)20-3)17-14(19)5-4-8-15-2;/h6-7,9,15H,4-5,8H2,1-3H3,(H,16,18)(H,17,19);1H. The molecule has 0 saturated heterocycles. The van der Waals surface area contributed by atoms with Gasteiger partial charge in [-0.3, -0.25) is 9.59 Å². The van der Waals surface area contributed by atoms with Crippen LogP contribution in [0.5, 0.6) is 5.75 Å². The molecule has 2 amide bonds. The van der Waals surface area contributed by atoms with Crippen molar-refractivity contribution in [1.29, 1.82) is 0 Å². The molecule has 0 fully saturated rings. The molecule has 0 aliphatic carbocycles. The highest BCUT2D eigenvalue weighted by molar-refractivity contribution is 5.94. The molecule has 0 bridgehead atoms. The van der Waals surface area contributed by atoms with Gasteiger partial charge >= 0.3 is 0 Å². The minimum Gasteiger partial charge on any atom is -0.495 e. The number of halogens is 1. The topological polar surface area (TPSA) is 79.5 Å². The molecule has 7 heteroatoms. The first-order valence-corrected chi connectivity index (χ1v) is 6.47. The average molecular weight is 316 g/mol. The molecule has 0 aliphatic rings. The van der Waals surface area contributed by atoms with Gasteiger partial charge in [-0.05, 0) is 38.2 Å². The monoisotopic (exact) mass is 315 g/mol. The Balaban J connectivity index is 0.00000400. The number of ether oxygens (including phenoxy) is 1. The Labute approximate surface area is 131 Å². The van der Waals surface area contributed by atoms with Crippen LogP contribution in [0.2, 0.25) is 0 Å². The quantitative estimate of drug-likeness (QED) is 0.673. The number of nitrogens with one attached hydrogen (secondary N) is 3. The van der Waals surface area contributed by atoms with Crippen molar-refractivity contribution in [3.05, 3.63) is 18.2 Å². The van der Waals surface area contributed by atoms with Gasteiger partial charge < -0.3 is 20.7 Å². The van der Waals surface area contributed by atoms with Gasteiger partial charge in [0.25, 0.3) is 0 Å². The summed E-state index contributed by atoms with van der Waals surface area (Å²) in [5.41, 5.74) is 1.16. The molecule has 0 aromatic heterocycles. The van der Waals surface area contributed by atoms with Crippen molar-refractivity contribution in [2.75, 3.05) is 31.3 Å². The van der Waals surface area contributed by atoms with Crippen LogP contribution in [0.3, 0.4) is 0 Å². The SMILES string of the molecule is CNCCCC(=O)Nc1ccc(OC)c(NC(C)=O)c1.Cl. The molecule has 1 aromatic rings. The summed E-state index contributed by atoms with van der Waals surface area (Å²) in [6.45, 7) is 2.22. The molecule has 0 heterocycles. The van der Waals surface area contributed by atoms with E-state index in [1.165, 1.54) is 14.0 Å². The van der Waals surface area contributed by atoms with Gasteiger partial charge in [0.1, 0.15) is 5.75 Å². The normalized spacial score (nSPS) is 9.48. The van der Waals surface area contributed by atoms with Gasteiger partial charge in [-0.1, -0.05) is 0 Å². The second-order valence-electron chi connectivity index (χ2n) is 4.35. The Morgan fingerprint density at radius 3 is 2.52 bits per heavy atom. The van der Waals surface area contributed by atoms with Crippen LogP contribution in [0.1, 0.15) is 19.8 Å². The van der Waals surface area contributed by atoms with E-state index in [0.29, 0.717) is 23.5 Å². The third kappa shape index (κ3) is 6.97. The number of carbonyl (C=O) groups is 2. The predicted molar refractivity (Wildman–Crippen MR) is 86.3 cm³/mol. The van der Waals surface area contributed by atoms with Crippen molar-refractivity contribution in [2.45, 2.75) is 19.8 Å². The number of hydrogen-bond donors (Lipinski definition) is 3. The Hall–Kier alpha value is -1.79. The maximum absolute atomic E-state index is 11.7. The van der Waals surface area contributed by atoms with Crippen LogP contribution >= 0.6 is 12.4 Å². The summed E-state index contributed by atoms with van der Waals surface area (Å²) in [6.07, 6.45) is 1.22. The smallest absolute Gasteiger partial charge is 0.224 e. The number of amides is 2. The van der Waals surface area contributed by atoms with Crippen molar-refractivity contribution < 1.29 is 14.3 Å². The van der Waals surface area contributed by atoms with Gasteiger partial charge in [0.05, 0.1) is 12.8 Å². The van der Waals surface area contributed by atoms with Crippen LogP contribution < -0.4 is 20.7 Å². The van der Waals surface area contributed by atoms with E-state index in [-0.39, 0.29) is 24.2 Å². The number of hydrogen-bond acceptors (Lipinski definition) is 4. The molecule has 21 heavy (non-hydrogen) atoms. The second kappa shape index (κ2) is 10.0. The molecule has 1 aromatic carbocycles. The fourth-order valence-corrected chi connectivity index (χ4v) is 1.72. The predicted octanol–water partition coefficient (Wildman–Crippen LogP) is 2.01. The first-order valence-electron chi connectivity index (χ1n) is 6.47. The van der Waals surface area contributed by atoms with Crippen molar-refractivity contribution >= 4 is 35.6 Å². The molecule has 6 nitrogen and oxygen atoms in total. The lowest BCUT2D eigenvalue weighted by Gasteiger charge is -2.12. The molecule has 0 unspecified atom stereocenters. The van der Waals surface area contributed by atoms with Gasteiger partial charge in [-0.25, -0.2) is 0 Å². The summed E-state index contributed by atoms with van der Waals surface area (Å²) in [6, 6.07) is 5.12. The fourth-order valence-electron chi connectivity index (χ4n) is 1.72. The van der Waals surface area contributed by atoms with E-state index in [9.17, 15) is 9.59 Å². The molecular weight excluding hydrogens is 294 g/mol. The number of anilines is 2.